The highest BCUT2D eigenvalue weighted by atomic mass is 79.9. The lowest BCUT2D eigenvalue weighted by atomic mass is 10.2. The molecule has 1 aromatic carbocycles. The van der Waals surface area contributed by atoms with Crippen LogP contribution in [0.2, 0.25) is 0 Å². The third-order valence-corrected chi connectivity index (χ3v) is 4.47. The molecule has 2 aromatic heterocycles. The first kappa shape index (κ1) is 13.1. The Bertz CT molecular complexity index is 876. The number of pyridine rings is 1. The van der Waals surface area contributed by atoms with Gasteiger partial charge in [0.1, 0.15) is 4.90 Å². The van der Waals surface area contributed by atoms with Crippen molar-refractivity contribution in [2.24, 2.45) is 0 Å². The Hall–Kier alpha value is -1.93. The van der Waals surface area contributed by atoms with Crippen LogP contribution in [0.4, 0.5) is 5.69 Å². The van der Waals surface area contributed by atoms with Crippen LogP contribution in [0.15, 0.2) is 52.2 Å². The highest BCUT2D eigenvalue weighted by Crippen LogP contribution is 2.21. The number of aromatic nitrogens is 3. The summed E-state index contributed by atoms with van der Waals surface area (Å²) in [5.41, 5.74) is 1.22. The van der Waals surface area contributed by atoms with E-state index in [1.54, 1.807) is 24.4 Å². The van der Waals surface area contributed by atoms with Gasteiger partial charge in [-0.25, -0.2) is 8.42 Å². The van der Waals surface area contributed by atoms with Crippen LogP contribution in [0.3, 0.4) is 0 Å². The summed E-state index contributed by atoms with van der Waals surface area (Å²) in [6.07, 6.45) is 4.49. The number of benzene rings is 1. The van der Waals surface area contributed by atoms with Crippen molar-refractivity contribution in [1.29, 1.82) is 0 Å². The van der Waals surface area contributed by atoms with Crippen LogP contribution in [-0.2, 0) is 10.0 Å². The summed E-state index contributed by atoms with van der Waals surface area (Å²) in [7, 11) is -3.66. The molecule has 8 heteroatoms. The fraction of sp³-hybridized carbons (Fsp3) is 0. The molecule has 0 atom stereocenters. The maximum atomic E-state index is 12.2. The molecule has 0 saturated heterocycles. The van der Waals surface area contributed by atoms with Crippen molar-refractivity contribution in [3.63, 3.8) is 0 Å². The SMILES string of the molecule is O=S(=O)(Nc1ccc2cn[nH]c2c1)c1cncc(Br)c1. The Balaban J connectivity index is 1.96. The summed E-state index contributed by atoms with van der Waals surface area (Å²) in [5, 5.41) is 7.59. The maximum absolute atomic E-state index is 12.2. The first-order chi connectivity index (χ1) is 9.54. The van der Waals surface area contributed by atoms with Crippen molar-refractivity contribution in [3.8, 4) is 0 Å². The Morgan fingerprint density at radius 2 is 2.00 bits per heavy atom. The van der Waals surface area contributed by atoms with Gasteiger partial charge >= 0.3 is 0 Å². The second kappa shape index (κ2) is 4.88. The lowest BCUT2D eigenvalue weighted by Gasteiger charge is -2.08. The van der Waals surface area contributed by atoms with Crippen molar-refractivity contribution < 1.29 is 8.42 Å². The minimum atomic E-state index is -3.66. The average Bonchev–Trinajstić information content (AvgIpc) is 2.85. The summed E-state index contributed by atoms with van der Waals surface area (Å²) in [5.74, 6) is 0. The van der Waals surface area contributed by atoms with E-state index in [1.807, 2.05) is 0 Å². The van der Waals surface area contributed by atoms with E-state index >= 15 is 0 Å². The normalized spacial score (nSPS) is 11.7. The minimum Gasteiger partial charge on any atom is -0.280 e. The number of hydrogen-bond acceptors (Lipinski definition) is 4. The topological polar surface area (TPSA) is 87.7 Å². The van der Waals surface area contributed by atoms with Crippen molar-refractivity contribution in [1.82, 2.24) is 15.2 Å². The Morgan fingerprint density at radius 1 is 1.15 bits per heavy atom. The van der Waals surface area contributed by atoms with Crippen molar-refractivity contribution in [2.75, 3.05) is 4.72 Å². The summed E-state index contributed by atoms with van der Waals surface area (Å²) in [4.78, 5) is 3.95. The maximum Gasteiger partial charge on any atom is 0.263 e. The average molecular weight is 353 g/mol. The van der Waals surface area contributed by atoms with Gasteiger partial charge in [0.2, 0.25) is 0 Å². The Morgan fingerprint density at radius 3 is 2.80 bits per heavy atom. The molecule has 102 valence electrons. The molecular formula is C12H9BrN4O2S. The second-order valence-corrected chi connectivity index (χ2v) is 6.71. The quantitative estimate of drug-likeness (QED) is 0.757. The van der Waals surface area contributed by atoms with E-state index < -0.39 is 10.0 Å². The van der Waals surface area contributed by atoms with Gasteiger partial charge < -0.3 is 0 Å². The number of halogens is 1. The largest absolute Gasteiger partial charge is 0.280 e. The number of fused-ring (bicyclic) bond motifs is 1. The predicted octanol–water partition coefficient (Wildman–Crippen LogP) is 2.52. The second-order valence-electron chi connectivity index (χ2n) is 4.12. The van der Waals surface area contributed by atoms with Gasteiger partial charge in [-0.1, -0.05) is 0 Å². The van der Waals surface area contributed by atoms with E-state index in [2.05, 4.69) is 35.8 Å². The summed E-state index contributed by atoms with van der Waals surface area (Å²) in [6.45, 7) is 0. The Kier molecular flexibility index (Phi) is 3.19. The van der Waals surface area contributed by atoms with Gasteiger partial charge in [0.15, 0.2) is 0 Å². The molecule has 0 aliphatic rings. The number of anilines is 1. The third-order valence-electron chi connectivity index (χ3n) is 2.68. The number of aromatic amines is 1. The van der Waals surface area contributed by atoms with Gasteiger partial charge in [-0.05, 0) is 40.2 Å². The van der Waals surface area contributed by atoms with Gasteiger partial charge in [0, 0.05) is 22.3 Å². The zero-order valence-electron chi connectivity index (χ0n) is 10.0. The zero-order valence-corrected chi connectivity index (χ0v) is 12.4. The molecule has 0 amide bonds. The van der Waals surface area contributed by atoms with Crippen LogP contribution in [-0.4, -0.2) is 23.6 Å². The summed E-state index contributed by atoms with van der Waals surface area (Å²) in [6, 6.07) is 6.64. The summed E-state index contributed by atoms with van der Waals surface area (Å²) >= 11 is 3.20. The van der Waals surface area contributed by atoms with E-state index in [9.17, 15) is 8.42 Å². The first-order valence-electron chi connectivity index (χ1n) is 5.61. The van der Waals surface area contributed by atoms with Crippen molar-refractivity contribution in [2.45, 2.75) is 4.90 Å². The van der Waals surface area contributed by atoms with Gasteiger partial charge in [-0.2, -0.15) is 5.10 Å². The van der Waals surface area contributed by atoms with Crippen molar-refractivity contribution >= 4 is 42.5 Å². The minimum absolute atomic E-state index is 0.0941. The van der Waals surface area contributed by atoms with Crippen LogP contribution in [0.25, 0.3) is 10.9 Å². The molecule has 0 aliphatic carbocycles. The number of sulfonamides is 1. The number of H-pyrrole nitrogens is 1. The molecule has 2 N–H and O–H groups in total. The van der Waals surface area contributed by atoms with Gasteiger partial charge in [0.05, 0.1) is 17.4 Å². The molecule has 3 aromatic rings. The predicted molar refractivity (Wildman–Crippen MR) is 78.8 cm³/mol. The van der Waals surface area contributed by atoms with E-state index in [4.69, 9.17) is 0 Å². The summed E-state index contributed by atoms with van der Waals surface area (Å²) < 4.78 is 27.6. The van der Waals surface area contributed by atoms with Gasteiger partial charge in [-0.3, -0.25) is 14.8 Å². The molecule has 3 rings (SSSR count). The third kappa shape index (κ3) is 2.52. The lowest BCUT2D eigenvalue weighted by Crippen LogP contribution is -2.13. The number of nitrogens with one attached hydrogen (secondary N) is 2. The van der Waals surface area contributed by atoms with Gasteiger partial charge in [-0.15, -0.1) is 0 Å². The molecule has 0 saturated carbocycles. The molecule has 0 fully saturated rings. The molecule has 0 spiro atoms. The van der Waals surface area contributed by atoms with Crippen LogP contribution in [0.1, 0.15) is 0 Å². The highest BCUT2D eigenvalue weighted by Gasteiger charge is 2.15. The van der Waals surface area contributed by atoms with Crippen LogP contribution < -0.4 is 4.72 Å². The fourth-order valence-electron chi connectivity index (χ4n) is 1.75. The van der Waals surface area contributed by atoms with E-state index in [1.165, 1.54) is 18.5 Å². The molecule has 0 unspecified atom stereocenters. The smallest absolute Gasteiger partial charge is 0.263 e. The molecule has 20 heavy (non-hydrogen) atoms. The first-order valence-corrected chi connectivity index (χ1v) is 7.89. The number of hydrogen-bond donors (Lipinski definition) is 2. The van der Waals surface area contributed by atoms with Crippen LogP contribution >= 0.6 is 15.9 Å². The Labute approximate surface area is 123 Å². The zero-order chi connectivity index (χ0) is 14.2. The van der Waals surface area contributed by atoms with E-state index in [-0.39, 0.29) is 4.90 Å². The van der Waals surface area contributed by atoms with Crippen LogP contribution in [0, 0.1) is 0 Å². The number of rotatable bonds is 3. The lowest BCUT2D eigenvalue weighted by molar-refractivity contribution is 0.600. The van der Waals surface area contributed by atoms with Crippen molar-refractivity contribution in [3.05, 3.63) is 47.3 Å². The van der Waals surface area contributed by atoms with E-state index in [0.29, 0.717) is 10.2 Å². The molecule has 6 nitrogen and oxygen atoms in total. The molecular weight excluding hydrogens is 344 g/mol. The number of nitrogens with zero attached hydrogens (tertiary/aromatic N) is 2. The van der Waals surface area contributed by atoms with Crippen LogP contribution in [0.5, 0.6) is 0 Å². The molecule has 0 bridgehead atoms. The molecule has 0 aliphatic heterocycles. The van der Waals surface area contributed by atoms with E-state index in [0.717, 1.165) is 10.9 Å². The van der Waals surface area contributed by atoms with Gasteiger partial charge in [0.25, 0.3) is 10.0 Å². The standard InChI is InChI=1S/C12H9BrN4O2S/c13-9-3-11(7-14-6-9)20(18,19)17-10-2-1-8-5-15-16-12(8)4-10/h1-7,17H,(H,15,16). The fourth-order valence-corrected chi connectivity index (χ4v) is 3.31. The monoisotopic (exact) mass is 352 g/mol. The molecule has 2 heterocycles. The highest BCUT2D eigenvalue weighted by molar-refractivity contribution is 9.10. The molecule has 0 radical (unpaired) electrons.